The zero-order valence-corrected chi connectivity index (χ0v) is 11.6. The first-order chi connectivity index (χ1) is 9.99. The summed E-state index contributed by atoms with van der Waals surface area (Å²) in [7, 11) is 0. The molecular formula is C15H15FN4O. The highest BCUT2D eigenvalue weighted by molar-refractivity contribution is 5.92. The van der Waals surface area contributed by atoms with E-state index in [1.165, 1.54) is 6.20 Å². The van der Waals surface area contributed by atoms with Gasteiger partial charge in [0.15, 0.2) is 5.82 Å². The molecule has 0 saturated heterocycles. The molecule has 3 rings (SSSR count). The van der Waals surface area contributed by atoms with Crippen LogP contribution in [-0.4, -0.2) is 10.6 Å². The zero-order valence-electron chi connectivity index (χ0n) is 11.6. The molecule has 1 aliphatic carbocycles. The first-order valence-electron chi connectivity index (χ1n) is 6.80. The quantitative estimate of drug-likeness (QED) is 0.816. The minimum Gasteiger partial charge on any atom is -0.396 e. The molecule has 0 radical (unpaired) electrons. The van der Waals surface area contributed by atoms with Crippen LogP contribution >= 0.6 is 0 Å². The molecule has 2 aromatic rings. The van der Waals surface area contributed by atoms with Gasteiger partial charge in [0.25, 0.3) is 0 Å². The number of rotatable bonds is 2. The van der Waals surface area contributed by atoms with E-state index in [0.29, 0.717) is 24.0 Å². The van der Waals surface area contributed by atoms with Gasteiger partial charge < -0.3 is 16.0 Å². The van der Waals surface area contributed by atoms with Crippen molar-refractivity contribution in [3.63, 3.8) is 0 Å². The standard InChI is InChI=1S/C15H15FN4O/c1-2-20-6-7(5-17)15(21)12-11(20)4-9(8-3-10(8)18)13(16)14(12)19/h4,6,8,10H,2-3,18-19H2,1H3/t8-,10+/m0/s1. The van der Waals surface area contributed by atoms with Crippen molar-refractivity contribution < 1.29 is 4.39 Å². The van der Waals surface area contributed by atoms with Crippen molar-refractivity contribution in [1.82, 2.24) is 4.57 Å². The molecule has 0 aliphatic heterocycles. The lowest BCUT2D eigenvalue weighted by Gasteiger charge is -2.14. The van der Waals surface area contributed by atoms with Crippen molar-refractivity contribution >= 4 is 16.6 Å². The molecule has 1 fully saturated rings. The monoisotopic (exact) mass is 286 g/mol. The minimum atomic E-state index is -0.588. The molecule has 2 atom stereocenters. The van der Waals surface area contributed by atoms with Crippen LogP contribution in [0.4, 0.5) is 10.1 Å². The molecular weight excluding hydrogens is 271 g/mol. The number of aromatic nitrogens is 1. The Morgan fingerprint density at radius 1 is 1.57 bits per heavy atom. The lowest BCUT2D eigenvalue weighted by atomic mass is 10.0. The number of pyridine rings is 1. The third-order valence-electron chi connectivity index (χ3n) is 4.07. The molecule has 21 heavy (non-hydrogen) atoms. The summed E-state index contributed by atoms with van der Waals surface area (Å²) in [5.41, 5.74) is 11.9. The van der Waals surface area contributed by atoms with Crippen molar-refractivity contribution in [3.05, 3.63) is 39.4 Å². The summed E-state index contributed by atoms with van der Waals surface area (Å²) in [6.45, 7) is 2.43. The van der Waals surface area contributed by atoms with Gasteiger partial charge in [-0.15, -0.1) is 0 Å². The molecule has 1 aromatic carbocycles. The third kappa shape index (κ3) is 1.89. The Balaban J connectivity index is 2.43. The number of nitrogens with two attached hydrogens (primary N) is 2. The Morgan fingerprint density at radius 3 is 2.76 bits per heavy atom. The van der Waals surface area contributed by atoms with Gasteiger partial charge in [-0.3, -0.25) is 4.79 Å². The van der Waals surface area contributed by atoms with Crippen LogP contribution in [0.5, 0.6) is 0 Å². The van der Waals surface area contributed by atoms with E-state index in [1.54, 1.807) is 10.6 Å². The van der Waals surface area contributed by atoms with E-state index in [2.05, 4.69) is 0 Å². The number of nitrogens with zero attached hydrogens (tertiary/aromatic N) is 2. The number of anilines is 1. The predicted molar refractivity (Wildman–Crippen MR) is 78.3 cm³/mol. The number of fused-ring (bicyclic) bond motifs is 1. The fraction of sp³-hybridized carbons (Fsp3) is 0.333. The average Bonchev–Trinajstić information content (AvgIpc) is 3.19. The van der Waals surface area contributed by atoms with Gasteiger partial charge >= 0.3 is 0 Å². The molecule has 0 bridgehead atoms. The Hall–Kier alpha value is -2.39. The first-order valence-corrected chi connectivity index (χ1v) is 6.80. The maximum Gasteiger partial charge on any atom is 0.209 e. The van der Waals surface area contributed by atoms with Gasteiger partial charge in [0, 0.05) is 24.7 Å². The molecule has 1 heterocycles. The third-order valence-corrected chi connectivity index (χ3v) is 4.07. The molecule has 6 heteroatoms. The van der Waals surface area contributed by atoms with Crippen molar-refractivity contribution in [3.8, 4) is 6.07 Å². The molecule has 1 aromatic heterocycles. The van der Waals surface area contributed by atoms with Crippen molar-refractivity contribution in [2.75, 3.05) is 5.73 Å². The predicted octanol–water partition coefficient (Wildman–Crippen LogP) is 1.43. The highest BCUT2D eigenvalue weighted by Crippen LogP contribution is 2.42. The summed E-state index contributed by atoms with van der Waals surface area (Å²) in [6.07, 6.45) is 2.20. The second-order valence-electron chi connectivity index (χ2n) is 5.36. The Bertz CT molecular complexity index is 850. The number of nitriles is 1. The van der Waals surface area contributed by atoms with Crippen LogP contribution in [0.1, 0.15) is 30.4 Å². The van der Waals surface area contributed by atoms with Gasteiger partial charge in [-0.1, -0.05) is 0 Å². The van der Waals surface area contributed by atoms with E-state index in [0.717, 1.165) is 0 Å². The SMILES string of the molecule is CCn1cc(C#N)c(=O)c2c(N)c(F)c([C@@H]3C[C@H]3N)cc21. The molecule has 1 saturated carbocycles. The number of halogens is 1. The van der Waals surface area contributed by atoms with Crippen LogP contribution in [0.3, 0.4) is 0 Å². The van der Waals surface area contributed by atoms with E-state index >= 15 is 0 Å². The van der Waals surface area contributed by atoms with Crippen LogP contribution in [0.15, 0.2) is 17.1 Å². The summed E-state index contributed by atoms with van der Waals surface area (Å²) in [4.78, 5) is 12.3. The number of aryl methyl sites for hydroxylation is 1. The van der Waals surface area contributed by atoms with Gasteiger partial charge in [0.2, 0.25) is 5.43 Å². The maximum atomic E-state index is 14.4. The summed E-state index contributed by atoms with van der Waals surface area (Å²) in [5, 5.41) is 9.11. The maximum absolute atomic E-state index is 14.4. The van der Waals surface area contributed by atoms with Crippen LogP contribution in [0, 0.1) is 17.1 Å². The lowest BCUT2D eigenvalue weighted by Crippen LogP contribution is -2.16. The summed E-state index contributed by atoms with van der Waals surface area (Å²) >= 11 is 0. The van der Waals surface area contributed by atoms with Gasteiger partial charge in [-0.05, 0) is 25.0 Å². The van der Waals surface area contributed by atoms with Crippen LogP contribution in [0.25, 0.3) is 10.9 Å². The fourth-order valence-electron chi connectivity index (χ4n) is 2.75. The smallest absolute Gasteiger partial charge is 0.209 e. The van der Waals surface area contributed by atoms with Crippen molar-refractivity contribution in [1.29, 1.82) is 5.26 Å². The minimum absolute atomic E-state index is 0.0358. The van der Waals surface area contributed by atoms with Crippen LogP contribution < -0.4 is 16.9 Å². The largest absolute Gasteiger partial charge is 0.396 e. The van der Waals surface area contributed by atoms with Crippen molar-refractivity contribution in [2.45, 2.75) is 31.8 Å². The Kier molecular flexibility index (Phi) is 2.96. The van der Waals surface area contributed by atoms with E-state index in [-0.39, 0.29) is 28.6 Å². The molecule has 0 unspecified atom stereocenters. The van der Waals surface area contributed by atoms with E-state index in [4.69, 9.17) is 16.7 Å². The van der Waals surface area contributed by atoms with Gasteiger partial charge in [-0.25, -0.2) is 4.39 Å². The molecule has 1 aliphatic rings. The molecule has 0 spiro atoms. The highest BCUT2D eigenvalue weighted by atomic mass is 19.1. The van der Waals surface area contributed by atoms with Crippen LogP contribution in [-0.2, 0) is 6.54 Å². The summed E-state index contributed by atoms with van der Waals surface area (Å²) in [5.74, 6) is -0.636. The topological polar surface area (TPSA) is 97.8 Å². The van der Waals surface area contributed by atoms with Gasteiger partial charge in [-0.2, -0.15) is 5.26 Å². The fourth-order valence-corrected chi connectivity index (χ4v) is 2.75. The Morgan fingerprint density at radius 2 is 2.24 bits per heavy atom. The van der Waals surface area contributed by atoms with Gasteiger partial charge in [0.05, 0.1) is 16.6 Å². The summed E-state index contributed by atoms with van der Waals surface area (Å²) < 4.78 is 16.2. The number of hydrogen-bond donors (Lipinski definition) is 2. The Labute approximate surface area is 120 Å². The number of nitrogen functional groups attached to an aromatic ring is 1. The van der Waals surface area contributed by atoms with E-state index in [1.807, 2.05) is 13.0 Å². The first kappa shape index (κ1) is 13.6. The molecule has 0 amide bonds. The van der Waals surface area contributed by atoms with E-state index < -0.39 is 11.2 Å². The van der Waals surface area contributed by atoms with Gasteiger partial charge in [0.1, 0.15) is 11.6 Å². The molecule has 5 nitrogen and oxygen atoms in total. The number of benzene rings is 1. The average molecular weight is 286 g/mol. The highest BCUT2D eigenvalue weighted by Gasteiger charge is 2.38. The second kappa shape index (κ2) is 4.57. The van der Waals surface area contributed by atoms with Crippen LogP contribution in [0.2, 0.25) is 0 Å². The molecule has 4 N–H and O–H groups in total. The zero-order chi connectivity index (χ0) is 15.3. The van der Waals surface area contributed by atoms with Crippen molar-refractivity contribution in [2.24, 2.45) is 5.73 Å². The molecule has 108 valence electrons. The summed E-state index contributed by atoms with van der Waals surface area (Å²) in [6, 6.07) is 3.42. The normalized spacial score (nSPS) is 20.5. The number of hydrogen-bond acceptors (Lipinski definition) is 4. The van der Waals surface area contributed by atoms with E-state index in [9.17, 15) is 9.18 Å². The lowest BCUT2D eigenvalue weighted by molar-refractivity contribution is 0.615. The second-order valence-corrected chi connectivity index (χ2v) is 5.36.